The fraction of sp³-hybridized carbons (Fsp3) is 0.667. The summed E-state index contributed by atoms with van der Waals surface area (Å²) in [7, 11) is 0. The molecule has 0 saturated carbocycles. The molecule has 0 bridgehead atoms. The first-order chi connectivity index (χ1) is 5.91. The van der Waals surface area contributed by atoms with E-state index in [-0.39, 0.29) is 4.32 Å². The van der Waals surface area contributed by atoms with E-state index in [0.717, 1.165) is 5.75 Å². The minimum atomic E-state index is -0.913. The Kier molecular flexibility index (Phi) is 12.0. The molecule has 7 heteroatoms. The van der Waals surface area contributed by atoms with Gasteiger partial charge >= 0.3 is 5.97 Å². The number of nitrogens with two attached hydrogens (primary N) is 2. The zero-order valence-electron chi connectivity index (χ0n) is 7.27. The Bertz CT molecular complexity index is 162. The monoisotopic (exact) mass is 242 g/mol. The molecule has 0 aromatic heterocycles. The lowest BCUT2D eigenvalue weighted by atomic mass is 10.2. The molecular weight excluding hydrogens is 228 g/mol. The van der Waals surface area contributed by atoms with Gasteiger partial charge in [-0.05, 0) is 18.4 Å². The maximum Gasteiger partial charge on any atom is 0.320 e. The van der Waals surface area contributed by atoms with Crippen LogP contribution in [0.4, 0.5) is 0 Å². The molecule has 0 aliphatic carbocycles. The number of carbonyl (C=O) groups is 1. The number of rotatable bonds is 4. The van der Waals surface area contributed by atoms with Gasteiger partial charge in [0, 0.05) is 0 Å². The Morgan fingerprint density at radius 1 is 1.77 bits per heavy atom. The Morgan fingerprint density at radius 2 is 2.15 bits per heavy atom. The van der Waals surface area contributed by atoms with E-state index in [1.165, 1.54) is 0 Å². The molecule has 4 nitrogen and oxygen atoms in total. The van der Waals surface area contributed by atoms with Crippen molar-refractivity contribution in [2.24, 2.45) is 11.5 Å². The molecule has 1 unspecified atom stereocenters. The number of carboxylic acids is 1. The fourth-order valence-corrected chi connectivity index (χ4v) is 0.858. The summed E-state index contributed by atoms with van der Waals surface area (Å²) in [4.78, 5) is 10.1. The Labute approximate surface area is 92.8 Å². The van der Waals surface area contributed by atoms with E-state index in [1.54, 1.807) is 11.8 Å². The second kappa shape index (κ2) is 10.1. The largest absolute Gasteiger partial charge is 0.480 e. The summed E-state index contributed by atoms with van der Waals surface area (Å²) in [6.45, 7) is 0. The molecule has 0 amide bonds. The third-order valence-electron chi connectivity index (χ3n) is 0.950. The molecule has 1 atom stereocenters. The first-order valence-electron chi connectivity index (χ1n) is 3.37. The Balaban J connectivity index is 0. The van der Waals surface area contributed by atoms with Crippen LogP contribution in [0.1, 0.15) is 6.42 Å². The number of thioether (sulfide) groups is 1. The van der Waals surface area contributed by atoms with Crippen LogP contribution in [-0.2, 0) is 4.79 Å². The lowest BCUT2D eigenvalue weighted by molar-refractivity contribution is -0.138. The smallest absolute Gasteiger partial charge is 0.320 e. The van der Waals surface area contributed by atoms with E-state index in [9.17, 15) is 4.79 Å². The van der Waals surface area contributed by atoms with Crippen molar-refractivity contribution in [2.45, 2.75) is 12.5 Å². The van der Waals surface area contributed by atoms with Gasteiger partial charge in [0.25, 0.3) is 0 Å². The molecule has 5 N–H and O–H groups in total. The summed E-state index contributed by atoms with van der Waals surface area (Å²) in [6, 6.07) is -0.683. The SMILES string of the molecule is CSCCC(N)C(=O)O.NC(=S)S. The summed E-state index contributed by atoms with van der Waals surface area (Å²) < 4.78 is 0.194. The van der Waals surface area contributed by atoms with Gasteiger partial charge in [-0.2, -0.15) is 11.8 Å². The zero-order valence-corrected chi connectivity index (χ0v) is 9.79. The average Bonchev–Trinajstić information content (AvgIpc) is 1.98. The number of hydrogen-bond acceptors (Lipinski definition) is 4. The number of hydrogen-bond donors (Lipinski definition) is 4. The van der Waals surface area contributed by atoms with Crippen molar-refractivity contribution < 1.29 is 9.90 Å². The van der Waals surface area contributed by atoms with E-state index < -0.39 is 12.0 Å². The maximum absolute atomic E-state index is 10.1. The van der Waals surface area contributed by atoms with Crippen LogP contribution in [0.15, 0.2) is 0 Å². The second-order valence-electron chi connectivity index (χ2n) is 2.06. The van der Waals surface area contributed by atoms with Crippen molar-refractivity contribution in [1.82, 2.24) is 0 Å². The number of aliphatic carboxylic acids is 1. The molecule has 0 spiro atoms. The summed E-state index contributed by atoms with van der Waals surface area (Å²) in [5.41, 5.74) is 9.90. The summed E-state index contributed by atoms with van der Waals surface area (Å²) in [5.74, 6) is -0.1000. The lowest BCUT2D eigenvalue weighted by Crippen LogP contribution is -2.30. The molecule has 0 rings (SSSR count). The van der Waals surface area contributed by atoms with Crippen LogP contribution in [0, 0.1) is 0 Å². The summed E-state index contributed by atoms with van der Waals surface area (Å²) in [5, 5.41) is 8.27. The highest BCUT2D eigenvalue weighted by Crippen LogP contribution is 1.97. The van der Waals surface area contributed by atoms with Crippen LogP contribution in [0.25, 0.3) is 0 Å². The van der Waals surface area contributed by atoms with Gasteiger partial charge in [0.1, 0.15) is 10.4 Å². The molecule has 0 heterocycles. The summed E-state index contributed by atoms with van der Waals surface area (Å²) >= 11 is 9.26. The molecule has 0 aromatic rings. The molecule has 0 aliphatic heterocycles. The minimum Gasteiger partial charge on any atom is -0.480 e. The van der Waals surface area contributed by atoms with Crippen LogP contribution in [0.3, 0.4) is 0 Å². The fourth-order valence-electron chi connectivity index (χ4n) is 0.368. The van der Waals surface area contributed by atoms with Crippen LogP contribution >= 0.6 is 36.6 Å². The molecule has 0 fully saturated rings. The first-order valence-corrected chi connectivity index (χ1v) is 5.62. The highest BCUT2D eigenvalue weighted by molar-refractivity contribution is 8.10. The molecule has 0 saturated heterocycles. The highest BCUT2D eigenvalue weighted by Gasteiger charge is 2.08. The van der Waals surface area contributed by atoms with Gasteiger partial charge in [-0.25, -0.2) is 0 Å². The normalized spacial score (nSPS) is 11.0. The van der Waals surface area contributed by atoms with Crippen molar-refractivity contribution in [3.05, 3.63) is 0 Å². The standard InChI is InChI=1S/C5H11NO2S.CH3NS2/c1-9-3-2-4(6)5(7)8;2-1(3)4/h4H,2-3,6H2,1H3,(H,7,8);(H3,2,3,4). The number of thiol groups is 1. The predicted molar refractivity (Wildman–Crippen MR) is 64.4 cm³/mol. The molecule has 0 aliphatic rings. The van der Waals surface area contributed by atoms with E-state index in [0.29, 0.717) is 6.42 Å². The topological polar surface area (TPSA) is 89.3 Å². The van der Waals surface area contributed by atoms with Crippen molar-refractivity contribution in [3.63, 3.8) is 0 Å². The predicted octanol–water partition coefficient (Wildman–Crippen LogP) is 0.311. The molecular formula is C6H14N2O2S3. The van der Waals surface area contributed by atoms with E-state index in [1.807, 2.05) is 6.26 Å². The Morgan fingerprint density at radius 3 is 2.38 bits per heavy atom. The van der Waals surface area contributed by atoms with Crippen LogP contribution < -0.4 is 11.5 Å². The molecule has 78 valence electrons. The quantitative estimate of drug-likeness (QED) is 0.419. The van der Waals surface area contributed by atoms with Crippen molar-refractivity contribution in [2.75, 3.05) is 12.0 Å². The van der Waals surface area contributed by atoms with Gasteiger partial charge in [-0.15, -0.1) is 12.6 Å². The second-order valence-corrected chi connectivity index (χ2v) is 4.27. The van der Waals surface area contributed by atoms with Crippen molar-refractivity contribution in [1.29, 1.82) is 0 Å². The average molecular weight is 242 g/mol. The molecule has 13 heavy (non-hydrogen) atoms. The first kappa shape index (κ1) is 15.5. The molecule has 0 radical (unpaired) electrons. The van der Waals surface area contributed by atoms with Gasteiger partial charge in [-0.3, -0.25) is 4.79 Å². The Hall–Kier alpha value is 0.0200. The zero-order chi connectivity index (χ0) is 10.9. The third-order valence-corrected chi connectivity index (χ3v) is 1.59. The highest BCUT2D eigenvalue weighted by atomic mass is 32.2. The lowest BCUT2D eigenvalue weighted by Gasteiger charge is -2.02. The maximum atomic E-state index is 10.1. The minimum absolute atomic E-state index is 0.194. The van der Waals surface area contributed by atoms with Gasteiger partial charge < -0.3 is 16.6 Å². The van der Waals surface area contributed by atoms with Gasteiger partial charge in [0.05, 0.1) is 0 Å². The third kappa shape index (κ3) is 18.8. The van der Waals surface area contributed by atoms with Crippen LogP contribution in [-0.4, -0.2) is 33.4 Å². The van der Waals surface area contributed by atoms with Gasteiger partial charge in [-0.1, -0.05) is 12.2 Å². The summed E-state index contributed by atoms with van der Waals surface area (Å²) in [6.07, 6.45) is 2.48. The van der Waals surface area contributed by atoms with Crippen LogP contribution in [0.2, 0.25) is 0 Å². The van der Waals surface area contributed by atoms with Crippen molar-refractivity contribution in [3.8, 4) is 0 Å². The van der Waals surface area contributed by atoms with E-state index in [4.69, 9.17) is 16.6 Å². The molecule has 0 aromatic carbocycles. The van der Waals surface area contributed by atoms with Crippen LogP contribution in [0.5, 0.6) is 0 Å². The van der Waals surface area contributed by atoms with E-state index in [2.05, 4.69) is 24.8 Å². The van der Waals surface area contributed by atoms with Gasteiger partial charge in [0.15, 0.2) is 0 Å². The van der Waals surface area contributed by atoms with Crippen molar-refractivity contribution >= 4 is 46.9 Å². The van der Waals surface area contributed by atoms with E-state index >= 15 is 0 Å². The van der Waals surface area contributed by atoms with Gasteiger partial charge in [0.2, 0.25) is 0 Å². The number of carboxylic acid groups (broad SMARTS) is 1. The number of thiocarbonyl (C=S) groups is 1.